The van der Waals surface area contributed by atoms with Gasteiger partial charge in [0, 0.05) is 31.1 Å². The highest BCUT2D eigenvalue weighted by Gasteiger charge is 2.23. The zero-order valence-corrected chi connectivity index (χ0v) is 19.2. The molecule has 1 aromatic heterocycles. The van der Waals surface area contributed by atoms with E-state index in [4.69, 9.17) is 9.73 Å². The number of rotatable bonds is 10. The van der Waals surface area contributed by atoms with Crippen molar-refractivity contribution < 1.29 is 4.74 Å². The molecule has 2 aromatic rings. The third-order valence-corrected chi connectivity index (χ3v) is 6.06. The lowest BCUT2D eigenvalue weighted by molar-refractivity contribution is 0.410. The van der Waals surface area contributed by atoms with Crippen LogP contribution in [-0.4, -0.2) is 47.2 Å². The standard InChI is InChI=1S/C22H34N6OS/c1-4-23-21(25-16-17-10-5-8-13-19(17)29-2)24-15-9-14-20-26-27-22(30-3)28(20)18-11-6-7-12-18/h5,8,10,13,18H,4,6-7,9,11-12,14-16H2,1-3H3,(H2,23,24,25). The Labute approximate surface area is 184 Å². The Morgan fingerprint density at radius 2 is 2.03 bits per heavy atom. The molecule has 0 bridgehead atoms. The van der Waals surface area contributed by atoms with Crippen molar-refractivity contribution in [3.63, 3.8) is 0 Å². The number of hydrogen-bond donors (Lipinski definition) is 2. The number of methoxy groups -OCH3 is 1. The Kier molecular flexibility index (Phi) is 8.86. The highest BCUT2D eigenvalue weighted by atomic mass is 32.2. The number of ether oxygens (including phenoxy) is 1. The van der Waals surface area contributed by atoms with Crippen molar-refractivity contribution in [1.82, 2.24) is 25.4 Å². The Morgan fingerprint density at radius 1 is 1.23 bits per heavy atom. The van der Waals surface area contributed by atoms with E-state index in [0.29, 0.717) is 12.6 Å². The van der Waals surface area contributed by atoms with Crippen LogP contribution < -0.4 is 15.4 Å². The van der Waals surface area contributed by atoms with Crippen molar-refractivity contribution in [1.29, 1.82) is 0 Å². The molecule has 0 unspecified atom stereocenters. The van der Waals surface area contributed by atoms with Crippen molar-refractivity contribution in [3.8, 4) is 5.75 Å². The number of guanidine groups is 1. The van der Waals surface area contributed by atoms with Gasteiger partial charge in [-0.25, -0.2) is 4.99 Å². The van der Waals surface area contributed by atoms with E-state index in [1.165, 1.54) is 25.7 Å². The predicted octanol–water partition coefficient (Wildman–Crippen LogP) is 3.81. The molecule has 0 radical (unpaired) electrons. The normalized spacial score (nSPS) is 14.8. The van der Waals surface area contributed by atoms with E-state index in [9.17, 15) is 0 Å². The number of aryl methyl sites for hydroxylation is 1. The SMILES string of the molecule is CCNC(=NCc1ccccc1OC)NCCCc1nnc(SC)n1C1CCCC1. The largest absolute Gasteiger partial charge is 0.496 e. The quantitative estimate of drug-likeness (QED) is 0.258. The molecule has 0 amide bonds. The molecule has 1 saturated carbocycles. The van der Waals surface area contributed by atoms with Gasteiger partial charge in [0.2, 0.25) is 0 Å². The van der Waals surface area contributed by atoms with Gasteiger partial charge in [-0.2, -0.15) is 0 Å². The van der Waals surface area contributed by atoms with Crippen LogP contribution in [0.4, 0.5) is 0 Å². The number of thioether (sulfide) groups is 1. The lowest BCUT2D eigenvalue weighted by Gasteiger charge is -2.16. The molecule has 7 nitrogen and oxygen atoms in total. The van der Waals surface area contributed by atoms with Gasteiger partial charge in [0.05, 0.1) is 13.7 Å². The molecule has 0 saturated heterocycles. The van der Waals surface area contributed by atoms with E-state index in [1.54, 1.807) is 18.9 Å². The summed E-state index contributed by atoms with van der Waals surface area (Å²) in [6, 6.07) is 8.57. The van der Waals surface area contributed by atoms with Crippen LogP contribution >= 0.6 is 11.8 Å². The van der Waals surface area contributed by atoms with Gasteiger partial charge < -0.3 is 19.9 Å². The number of aliphatic imine (C=N–C) groups is 1. The summed E-state index contributed by atoms with van der Waals surface area (Å²) in [6.45, 7) is 4.31. The summed E-state index contributed by atoms with van der Waals surface area (Å²) in [4.78, 5) is 4.71. The molecule has 2 N–H and O–H groups in total. The number of nitrogens with zero attached hydrogens (tertiary/aromatic N) is 4. The van der Waals surface area contributed by atoms with E-state index < -0.39 is 0 Å². The fourth-order valence-electron chi connectivity index (χ4n) is 3.94. The van der Waals surface area contributed by atoms with Crippen molar-refractivity contribution in [3.05, 3.63) is 35.7 Å². The minimum atomic E-state index is 0.574. The van der Waals surface area contributed by atoms with Gasteiger partial charge in [-0.3, -0.25) is 0 Å². The first kappa shape index (κ1) is 22.5. The van der Waals surface area contributed by atoms with Gasteiger partial charge >= 0.3 is 0 Å². The molecular weight excluding hydrogens is 396 g/mol. The molecule has 1 aromatic carbocycles. The fraction of sp³-hybridized carbons (Fsp3) is 0.591. The molecular formula is C22H34N6OS. The van der Waals surface area contributed by atoms with Gasteiger partial charge in [-0.15, -0.1) is 10.2 Å². The molecule has 30 heavy (non-hydrogen) atoms. The summed E-state index contributed by atoms with van der Waals surface area (Å²) >= 11 is 1.70. The van der Waals surface area contributed by atoms with Gasteiger partial charge in [-0.1, -0.05) is 42.8 Å². The van der Waals surface area contributed by atoms with Crippen LogP contribution in [0.2, 0.25) is 0 Å². The highest BCUT2D eigenvalue weighted by Crippen LogP contribution is 2.33. The molecule has 0 aliphatic heterocycles. The Balaban J connectivity index is 1.54. The maximum Gasteiger partial charge on any atom is 0.191 e. The van der Waals surface area contributed by atoms with E-state index in [-0.39, 0.29) is 0 Å². The van der Waals surface area contributed by atoms with Crippen LogP contribution in [0.1, 0.15) is 56.5 Å². The van der Waals surface area contributed by atoms with Crippen LogP contribution in [0.5, 0.6) is 5.75 Å². The number of benzene rings is 1. The Bertz CT molecular complexity index is 816. The van der Waals surface area contributed by atoms with E-state index >= 15 is 0 Å². The second kappa shape index (κ2) is 11.8. The van der Waals surface area contributed by atoms with Crippen molar-refractivity contribution >= 4 is 17.7 Å². The summed E-state index contributed by atoms with van der Waals surface area (Å²) in [5.74, 6) is 2.81. The lowest BCUT2D eigenvalue weighted by Crippen LogP contribution is -2.38. The maximum absolute atomic E-state index is 5.42. The van der Waals surface area contributed by atoms with Gasteiger partial charge in [0.25, 0.3) is 0 Å². The first-order valence-electron chi connectivity index (χ1n) is 10.9. The molecule has 8 heteroatoms. The Hall–Kier alpha value is -2.22. The number of aromatic nitrogens is 3. The number of para-hydroxylation sites is 1. The average molecular weight is 431 g/mol. The number of hydrogen-bond acceptors (Lipinski definition) is 5. The summed E-state index contributed by atoms with van der Waals surface area (Å²) in [7, 11) is 1.69. The fourth-order valence-corrected chi connectivity index (χ4v) is 4.51. The molecule has 3 rings (SSSR count). The summed E-state index contributed by atoms with van der Waals surface area (Å²) in [5, 5.41) is 16.7. The second-order valence-electron chi connectivity index (χ2n) is 7.45. The third-order valence-electron chi connectivity index (χ3n) is 5.42. The van der Waals surface area contributed by atoms with Crippen LogP contribution in [0.3, 0.4) is 0 Å². The van der Waals surface area contributed by atoms with Crippen LogP contribution in [0.25, 0.3) is 0 Å². The molecule has 0 spiro atoms. The molecule has 1 heterocycles. The van der Waals surface area contributed by atoms with Crippen molar-refractivity contribution in [2.75, 3.05) is 26.5 Å². The average Bonchev–Trinajstić information content (AvgIpc) is 3.44. The third kappa shape index (κ3) is 5.90. The van der Waals surface area contributed by atoms with Crippen LogP contribution in [0.15, 0.2) is 34.4 Å². The Morgan fingerprint density at radius 3 is 2.77 bits per heavy atom. The molecule has 0 atom stereocenters. The second-order valence-corrected chi connectivity index (χ2v) is 8.22. The van der Waals surface area contributed by atoms with Crippen LogP contribution in [0, 0.1) is 0 Å². The predicted molar refractivity (Wildman–Crippen MR) is 123 cm³/mol. The highest BCUT2D eigenvalue weighted by molar-refractivity contribution is 7.98. The monoisotopic (exact) mass is 430 g/mol. The minimum Gasteiger partial charge on any atom is -0.496 e. The topological polar surface area (TPSA) is 76.4 Å². The number of nitrogens with one attached hydrogen (secondary N) is 2. The van der Waals surface area contributed by atoms with E-state index in [2.05, 4.69) is 38.6 Å². The smallest absolute Gasteiger partial charge is 0.191 e. The van der Waals surface area contributed by atoms with Crippen LogP contribution in [-0.2, 0) is 13.0 Å². The summed E-state index contributed by atoms with van der Waals surface area (Å²) < 4.78 is 7.81. The maximum atomic E-state index is 5.42. The molecule has 1 fully saturated rings. The lowest BCUT2D eigenvalue weighted by atomic mass is 10.2. The zero-order valence-electron chi connectivity index (χ0n) is 18.4. The first-order chi connectivity index (χ1) is 14.8. The zero-order chi connectivity index (χ0) is 21.2. The van der Waals surface area contributed by atoms with E-state index in [1.807, 2.05) is 24.3 Å². The molecule has 1 aliphatic carbocycles. The van der Waals surface area contributed by atoms with Crippen molar-refractivity contribution in [2.45, 2.75) is 63.2 Å². The first-order valence-corrected chi connectivity index (χ1v) is 12.1. The summed E-state index contributed by atoms with van der Waals surface area (Å²) in [6.07, 6.45) is 9.11. The van der Waals surface area contributed by atoms with Gasteiger partial charge in [0.1, 0.15) is 11.6 Å². The minimum absolute atomic E-state index is 0.574. The van der Waals surface area contributed by atoms with Gasteiger partial charge in [-0.05, 0) is 38.5 Å². The van der Waals surface area contributed by atoms with E-state index in [0.717, 1.165) is 54.2 Å². The van der Waals surface area contributed by atoms with Gasteiger partial charge in [0.15, 0.2) is 11.1 Å². The molecule has 164 valence electrons. The van der Waals surface area contributed by atoms with Crippen molar-refractivity contribution in [2.24, 2.45) is 4.99 Å². The molecule has 1 aliphatic rings. The summed E-state index contributed by atoms with van der Waals surface area (Å²) in [5.41, 5.74) is 1.08.